The molecule has 0 spiro atoms. The third-order valence-electron chi connectivity index (χ3n) is 4.59. The molecule has 1 aliphatic heterocycles. The van der Waals surface area contributed by atoms with Crippen LogP contribution in [0.2, 0.25) is 0 Å². The van der Waals surface area contributed by atoms with Gasteiger partial charge in [0.1, 0.15) is 9.84 Å². The number of rotatable bonds is 6. The molecule has 1 aromatic heterocycles. The van der Waals surface area contributed by atoms with Crippen LogP contribution in [0.5, 0.6) is 0 Å². The molecule has 3 rings (SSSR count). The molecule has 7 nitrogen and oxygen atoms in total. The molecule has 9 heteroatoms. The van der Waals surface area contributed by atoms with E-state index >= 15 is 0 Å². The van der Waals surface area contributed by atoms with Crippen LogP contribution < -0.4 is 5.32 Å². The maximum Gasteiger partial charge on any atom is 0.265 e. The Labute approximate surface area is 168 Å². The van der Waals surface area contributed by atoms with Gasteiger partial charge in [-0.25, -0.2) is 8.42 Å². The van der Waals surface area contributed by atoms with E-state index in [1.165, 1.54) is 17.6 Å². The first kappa shape index (κ1) is 20.5. The number of carbonyl (C=O) groups excluding carboxylic acids is 2. The first-order valence-corrected chi connectivity index (χ1v) is 11.9. The number of amides is 2. The van der Waals surface area contributed by atoms with Crippen LogP contribution in [0.25, 0.3) is 0 Å². The molecule has 0 bridgehead atoms. The van der Waals surface area contributed by atoms with Gasteiger partial charge in [-0.05, 0) is 23.6 Å². The third-order valence-corrected chi connectivity index (χ3v) is 6.38. The highest BCUT2D eigenvalue weighted by molar-refractivity contribution is 7.90. The SMILES string of the molecule is CS(=O)(=O)CCN1CCN(C(=O)c2ccccc2NC(=O)c2cccs2)CC1. The number of anilines is 1. The summed E-state index contributed by atoms with van der Waals surface area (Å²) in [4.78, 5) is 29.7. The highest BCUT2D eigenvalue weighted by Gasteiger charge is 2.24. The molecule has 1 N–H and O–H groups in total. The highest BCUT2D eigenvalue weighted by atomic mass is 32.2. The van der Waals surface area contributed by atoms with E-state index in [1.807, 2.05) is 5.38 Å². The fourth-order valence-electron chi connectivity index (χ4n) is 3.01. The molecule has 1 saturated heterocycles. The summed E-state index contributed by atoms with van der Waals surface area (Å²) in [6, 6.07) is 10.5. The van der Waals surface area contributed by atoms with Crippen molar-refractivity contribution in [2.75, 3.05) is 50.0 Å². The van der Waals surface area contributed by atoms with Crippen molar-refractivity contribution in [2.24, 2.45) is 0 Å². The van der Waals surface area contributed by atoms with Crippen molar-refractivity contribution in [1.82, 2.24) is 9.80 Å². The van der Waals surface area contributed by atoms with Gasteiger partial charge in [-0.1, -0.05) is 18.2 Å². The van der Waals surface area contributed by atoms with Gasteiger partial charge in [0, 0.05) is 39.0 Å². The Balaban J connectivity index is 1.63. The Morgan fingerprint density at radius 2 is 1.79 bits per heavy atom. The second-order valence-corrected chi connectivity index (χ2v) is 9.95. The van der Waals surface area contributed by atoms with Crippen LogP contribution in [0, 0.1) is 0 Å². The molecular formula is C19H23N3O4S2. The van der Waals surface area contributed by atoms with E-state index in [1.54, 1.807) is 41.3 Å². The number of nitrogens with one attached hydrogen (secondary N) is 1. The van der Waals surface area contributed by atoms with Gasteiger partial charge < -0.3 is 10.2 Å². The first-order valence-electron chi connectivity index (χ1n) is 8.97. The molecular weight excluding hydrogens is 398 g/mol. The molecule has 2 heterocycles. The van der Waals surface area contributed by atoms with Crippen molar-refractivity contribution < 1.29 is 18.0 Å². The Kier molecular flexibility index (Phi) is 6.48. The summed E-state index contributed by atoms with van der Waals surface area (Å²) in [5.41, 5.74) is 0.947. The lowest BCUT2D eigenvalue weighted by molar-refractivity contribution is 0.0645. The van der Waals surface area contributed by atoms with Crippen molar-refractivity contribution in [3.63, 3.8) is 0 Å². The van der Waals surface area contributed by atoms with Gasteiger partial charge in [-0.2, -0.15) is 0 Å². The zero-order chi connectivity index (χ0) is 20.1. The Hall–Kier alpha value is -2.23. The van der Waals surface area contributed by atoms with E-state index in [9.17, 15) is 18.0 Å². The number of hydrogen-bond donors (Lipinski definition) is 1. The average molecular weight is 422 g/mol. The predicted molar refractivity (Wildman–Crippen MR) is 111 cm³/mol. The Morgan fingerprint density at radius 3 is 2.43 bits per heavy atom. The number of nitrogens with zero attached hydrogens (tertiary/aromatic N) is 2. The smallest absolute Gasteiger partial charge is 0.265 e. The molecule has 0 saturated carbocycles. The lowest BCUT2D eigenvalue weighted by atomic mass is 10.1. The zero-order valence-corrected chi connectivity index (χ0v) is 17.3. The van der Waals surface area contributed by atoms with Gasteiger partial charge in [-0.3, -0.25) is 14.5 Å². The zero-order valence-electron chi connectivity index (χ0n) is 15.6. The van der Waals surface area contributed by atoms with Crippen LogP contribution in [-0.4, -0.2) is 74.8 Å². The molecule has 0 aliphatic carbocycles. The van der Waals surface area contributed by atoms with Gasteiger partial charge in [0.2, 0.25) is 0 Å². The number of benzene rings is 1. The summed E-state index contributed by atoms with van der Waals surface area (Å²) >= 11 is 1.34. The molecule has 1 aromatic carbocycles. The molecule has 150 valence electrons. The molecule has 0 atom stereocenters. The summed E-state index contributed by atoms with van der Waals surface area (Å²) in [7, 11) is -2.99. The minimum absolute atomic E-state index is 0.124. The van der Waals surface area contributed by atoms with Crippen LogP contribution in [0.15, 0.2) is 41.8 Å². The molecule has 1 fully saturated rings. The topological polar surface area (TPSA) is 86.8 Å². The van der Waals surface area contributed by atoms with Crippen molar-refractivity contribution in [1.29, 1.82) is 0 Å². The normalized spacial score (nSPS) is 15.4. The van der Waals surface area contributed by atoms with Crippen molar-refractivity contribution in [3.8, 4) is 0 Å². The number of hydrogen-bond acceptors (Lipinski definition) is 6. The molecule has 28 heavy (non-hydrogen) atoms. The van der Waals surface area contributed by atoms with Gasteiger partial charge in [0.15, 0.2) is 0 Å². The van der Waals surface area contributed by atoms with E-state index in [4.69, 9.17) is 0 Å². The lowest BCUT2D eigenvalue weighted by Crippen LogP contribution is -2.49. The highest BCUT2D eigenvalue weighted by Crippen LogP contribution is 2.20. The van der Waals surface area contributed by atoms with E-state index in [2.05, 4.69) is 10.2 Å². The fourth-order valence-corrected chi connectivity index (χ4v) is 4.22. The largest absolute Gasteiger partial charge is 0.336 e. The molecule has 2 amide bonds. The van der Waals surface area contributed by atoms with Crippen LogP contribution in [0.1, 0.15) is 20.0 Å². The third kappa shape index (κ3) is 5.40. The van der Waals surface area contributed by atoms with Gasteiger partial charge in [0.25, 0.3) is 11.8 Å². The number of para-hydroxylation sites is 1. The van der Waals surface area contributed by atoms with E-state index in [-0.39, 0.29) is 17.6 Å². The Bertz CT molecular complexity index is 934. The first-order chi connectivity index (χ1) is 13.3. The molecule has 0 radical (unpaired) electrons. The fraction of sp³-hybridized carbons (Fsp3) is 0.368. The summed E-state index contributed by atoms with van der Waals surface area (Å²) in [6.45, 7) is 2.79. The number of sulfone groups is 1. The van der Waals surface area contributed by atoms with E-state index in [0.717, 1.165) is 0 Å². The number of piperazine rings is 1. The molecule has 2 aromatic rings. The average Bonchev–Trinajstić information content (AvgIpc) is 3.21. The van der Waals surface area contributed by atoms with E-state index < -0.39 is 9.84 Å². The monoisotopic (exact) mass is 421 g/mol. The summed E-state index contributed by atoms with van der Waals surface area (Å²) in [5, 5.41) is 4.65. The summed E-state index contributed by atoms with van der Waals surface area (Å²) in [5.74, 6) is -0.246. The maximum atomic E-state index is 13.0. The second-order valence-electron chi connectivity index (χ2n) is 6.74. The second kappa shape index (κ2) is 8.85. The van der Waals surface area contributed by atoms with Gasteiger partial charge in [0.05, 0.1) is 21.9 Å². The molecule has 0 unspecified atom stereocenters. The maximum absolute atomic E-state index is 13.0. The van der Waals surface area contributed by atoms with Crippen LogP contribution in [0.4, 0.5) is 5.69 Å². The standard InChI is InChI=1S/C19H23N3O4S2/c1-28(25,26)14-12-21-8-10-22(11-9-21)19(24)15-5-2-3-6-16(15)20-18(23)17-7-4-13-27-17/h2-7,13H,8-12,14H2,1H3,(H,20,23). The van der Waals surface area contributed by atoms with Crippen LogP contribution >= 0.6 is 11.3 Å². The summed E-state index contributed by atoms with van der Waals surface area (Å²) < 4.78 is 22.6. The predicted octanol–water partition coefficient (Wildman–Crippen LogP) is 1.80. The Morgan fingerprint density at radius 1 is 1.07 bits per heavy atom. The quantitative estimate of drug-likeness (QED) is 0.769. The van der Waals surface area contributed by atoms with Crippen LogP contribution in [0.3, 0.4) is 0 Å². The van der Waals surface area contributed by atoms with Gasteiger partial charge >= 0.3 is 0 Å². The number of carbonyl (C=O) groups is 2. The minimum atomic E-state index is -2.99. The van der Waals surface area contributed by atoms with Crippen molar-refractivity contribution in [3.05, 3.63) is 52.2 Å². The molecule has 1 aliphatic rings. The lowest BCUT2D eigenvalue weighted by Gasteiger charge is -2.34. The number of thiophene rings is 1. The minimum Gasteiger partial charge on any atom is -0.336 e. The van der Waals surface area contributed by atoms with Crippen LogP contribution in [-0.2, 0) is 9.84 Å². The van der Waals surface area contributed by atoms with Gasteiger partial charge in [-0.15, -0.1) is 11.3 Å². The van der Waals surface area contributed by atoms with Crippen molar-refractivity contribution >= 4 is 38.7 Å². The van der Waals surface area contributed by atoms with E-state index in [0.29, 0.717) is 48.9 Å². The van der Waals surface area contributed by atoms with Crippen molar-refractivity contribution in [2.45, 2.75) is 0 Å². The summed E-state index contributed by atoms with van der Waals surface area (Å²) in [6.07, 6.45) is 1.23.